The molecule has 0 aliphatic heterocycles. The molecular weight excluding hydrogens is 255 g/mol. The van der Waals surface area contributed by atoms with Crippen molar-refractivity contribution in [2.45, 2.75) is 6.92 Å². The molecular formula is C14H10ClFO2. The Morgan fingerprint density at radius 3 is 2.72 bits per heavy atom. The molecule has 2 rings (SSSR count). The van der Waals surface area contributed by atoms with Crippen molar-refractivity contribution < 1.29 is 13.9 Å². The maximum atomic E-state index is 13.8. The van der Waals surface area contributed by atoms with Gasteiger partial charge in [0.25, 0.3) is 0 Å². The Labute approximate surface area is 109 Å². The minimum absolute atomic E-state index is 0.0837. The maximum absolute atomic E-state index is 13.8. The van der Waals surface area contributed by atoms with Gasteiger partial charge in [-0.15, -0.1) is 0 Å². The van der Waals surface area contributed by atoms with E-state index in [1.165, 1.54) is 18.2 Å². The summed E-state index contributed by atoms with van der Waals surface area (Å²) in [7, 11) is 0. The number of hydrogen-bond donors (Lipinski definition) is 0. The van der Waals surface area contributed by atoms with Gasteiger partial charge in [0.05, 0.1) is 5.56 Å². The van der Waals surface area contributed by atoms with Gasteiger partial charge in [0, 0.05) is 5.02 Å². The van der Waals surface area contributed by atoms with Crippen molar-refractivity contribution in [1.29, 1.82) is 0 Å². The molecule has 2 aromatic rings. The molecule has 0 bridgehead atoms. The quantitative estimate of drug-likeness (QED) is 0.769. The molecule has 0 aliphatic rings. The van der Waals surface area contributed by atoms with Gasteiger partial charge in [0.15, 0.2) is 17.9 Å². The zero-order valence-corrected chi connectivity index (χ0v) is 10.4. The molecule has 0 unspecified atom stereocenters. The third-order valence-electron chi connectivity index (χ3n) is 2.48. The highest BCUT2D eigenvalue weighted by Gasteiger charge is 2.10. The van der Waals surface area contributed by atoms with Crippen LogP contribution in [0.1, 0.15) is 15.9 Å². The fourth-order valence-electron chi connectivity index (χ4n) is 1.52. The van der Waals surface area contributed by atoms with Crippen molar-refractivity contribution in [3.05, 3.63) is 58.4 Å². The highest BCUT2D eigenvalue weighted by molar-refractivity contribution is 6.30. The first-order valence-corrected chi connectivity index (χ1v) is 5.67. The van der Waals surface area contributed by atoms with Crippen LogP contribution in [0, 0.1) is 12.7 Å². The van der Waals surface area contributed by atoms with Crippen LogP contribution in [0.2, 0.25) is 5.02 Å². The van der Waals surface area contributed by atoms with Gasteiger partial charge in [-0.25, -0.2) is 4.39 Å². The molecule has 0 saturated carbocycles. The molecule has 0 fully saturated rings. The van der Waals surface area contributed by atoms with Crippen molar-refractivity contribution in [2.24, 2.45) is 0 Å². The third kappa shape index (κ3) is 2.51. The van der Waals surface area contributed by atoms with Gasteiger partial charge in [0.1, 0.15) is 5.75 Å². The average molecular weight is 265 g/mol. The van der Waals surface area contributed by atoms with E-state index in [-0.39, 0.29) is 17.1 Å². The molecule has 18 heavy (non-hydrogen) atoms. The molecule has 0 aromatic heterocycles. The van der Waals surface area contributed by atoms with Gasteiger partial charge in [-0.1, -0.05) is 23.7 Å². The fraction of sp³-hybridized carbons (Fsp3) is 0.0714. The number of aldehydes is 1. The molecule has 4 heteroatoms. The molecule has 2 nitrogen and oxygen atoms in total. The van der Waals surface area contributed by atoms with Crippen LogP contribution in [0.5, 0.6) is 11.5 Å². The summed E-state index contributed by atoms with van der Waals surface area (Å²) >= 11 is 5.77. The monoisotopic (exact) mass is 264 g/mol. The Morgan fingerprint density at radius 2 is 2.00 bits per heavy atom. The normalized spacial score (nSPS) is 10.2. The van der Waals surface area contributed by atoms with Crippen LogP contribution < -0.4 is 4.74 Å². The lowest BCUT2D eigenvalue weighted by molar-refractivity contribution is 0.112. The van der Waals surface area contributed by atoms with Crippen LogP contribution in [0.25, 0.3) is 0 Å². The van der Waals surface area contributed by atoms with Crippen LogP contribution in [0.3, 0.4) is 0 Å². The second kappa shape index (κ2) is 5.19. The van der Waals surface area contributed by atoms with Gasteiger partial charge in [-0.05, 0) is 36.8 Å². The van der Waals surface area contributed by atoms with E-state index in [0.717, 1.165) is 0 Å². The molecule has 0 N–H and O–H groups in total. The van der Waals surface area contributed by atoms with Crippen LogP contribution in [0.4, 0.5) is 4.39 Å². The van der Waals surface area contributed by atoms with E-state index in [1.807, 2.05) is 0 Å². The van der Waals surface area contributed by atoms with Crippen molar-refractivity contribution in [1.82, 2.24) is 0 Å². The van der Waals surface area contributed by atoms with Gasteiger partial charge in [-0.2, -0.15) is 0 Å². The SMILES string of the molecule is Cc1cccc(Oc2ccc(Cl)cc2C=O)c1F. The Bertz CT molecular complexity index is 596. The summed E-state index contributed by atoms with van der Waals surface area (Å²) in [6.45, 7) is 1.64. The topological polar surface area (TPSA) is 26.3 Å². The number of hydrogen-bond acceptors (Lipinski definition) is 2. The van der Waals surface area contributed by atoms with E-state index in [1.54, 1.807) is 25.1 Å². The van der Waals surface area contributed by atoms with E-state index < -0.39 is 5.82 Å². The molecule has 0 aliphatic carbocycles. The molecule has 0 radical (unpaired) electrons. The molecule has 0 saturated heterocycles. The first kappa shape index (κ1) is 12.6. The number of halogens is 2. The second-order valence-electron chi connectivity index (χ2n) is 3.79. The highest BCUT2D eigenvalue weighted by atomic mass is 35.5. The van der Waals surface area contributed by atoms with Gasteiger partial charge < -0.3 is 4.74 Å². The van der Waals surface area contributed by atoms with E-state index >= 15 is 0 Å². The van der Waals surface area contributed by atoms with Gasteiger partial charge >= 0.3 is 0 Å². The minimum Gasteiger partial charge on any atom is -0.454 e. The third-order valence-corrected chi connectivity index (χ3v) is 2.71. The lowest BCUT2D eigenvalue weighted by atomic mass is 10.2. The van der Waals surface area contributed by atoms with Crippen LogP contribution in [-0.2, 0) is 0 Å². The molecule has 0 spiro atoms. The first-order valence-electron chi connectivity index (χ1n) is 5.29. The average Bonchev–Trinajstić information content (AvgIpc) is 2.37. The summed E-state index contributed by atoms with van der Waals surface area (Å²) in [5.41, 5.74) is 0.762. The Morgan fingerprint density at radius 1 is 1.22 bits per heavy atom. The number of carbonyl (C=O) groups is 1. The van der Waals surface area contributed by atoms with Crippen molar-refractivity contribution in [3.63, 3.8) is 0 Å². The van der Waals surface area contributed by atoms with Crippen molar-refractivity contribution >= 4 is 17.9 Å². The van der Waals surface area contributed by atoms with Crippen LogP contribution >= 0.6 is 11.6 Å². The number of ether oxygens (including phenoxy) is 1. The van der Waals surface area contributed by atoms with Crippen molar-refractivity contribution in [2.75, 3.05) is 0 Å². The summed E-state index contributed by atoms with van der Waals surface area (Å²) in [6, 6.07) is 9.42. The van der Waals surface area contributed by atoms with E-state index in [0.29, 0.717) is 16.9 Å². The molecule has 2 aromatic carbocycles. The predicted octanol–water partition coefficient (Wildman–Crippen LogP) is 4.39. The van der Waals surface area contributed by atoms with E-state index in [4.69, 9.17) is 16.3 Å². The zero-order valence-electron chi connectivity index (χ0n) is 9.61. The number of benzene rings is 2. The minimum atomic E-state index is -0.440. The Hall–Kier alpha value is -1.87. The summed E-state index contributed by atoms with van der Waals surface area (Å²) < 4.78 is 19.2. The molecule has 0 heterocycles. The summed E-state index contributed by atoms with van der Waals surface area (Å²) in [5, 5.41) is 0.425. The standard InChI is InChI=1S/C14H10ClFO2/c1-9-3-2-4-13(14(9)16)18-12-6-5-11(15)7-10(12)8-17/h2-8H,1H3. The molecule has 0 atom stereocenters. The number of aryl methyl sites for hydroxylation is 1. The maximum Gasteiger partial charge on any atom is 0.168 e. The Balaban J connectivity index is 2.40. The molecule has 92 valence electrons. The zero-order chi connectivity index (χ0) is 13.1. The van der Waals surface area contributed by atoms with E-state index in [9.17, 15) is 9.18 Å². The van der Waals surface area contributed by atoms with Gasteiger partial charge in [-0.3, -0.25) is 4.79 Å². The highest BCUT2D eigenvalue weighted by Crippen LogP contribution is 2.29. The van der Waals surface area contributed by atoms with Crippen LogP contribution in [-0.4, -0.2) is 6.29 Å². The lowest BCUT2D eigenvalue weighted by Gasteiger charge is -2.10. The number of carbonyl (C=O) groups excluding carboxylic acids is 1. The Kier molecular flexibility index (Phi) is 3.63. The summed E-state index contributed by atoms with van der Waals surface area (Å²) in [4.78, 5) is 10.9. The second-order valence-corrected chi connectivity index (χ2v) is 4.23. The fourth-order valence-corrected chi connectivity index (χ4v) is 1.70. The smallest absolute Gasteiger partial charge is 0.168 e. The first-order chi connectivity index (χ1) is 8.61. The lowest BCUT2D eigenvalue weighted by Crippen LogP contribution is -1.94. The number of rotatable bonds is 3. The van der Waals surface area contributed by atoms with E-state index in [2.05, 4.69) is 0 Å². The predicted molar refractivity (Wildman–Crippen MR) is 68.1 cm³/mol. The van der Waals surface area contributed by atoms with Crippen molar-refractivity contribution in [3.8, 4) is 11.5 Å². The van der Waals surface area contributed by atoms with Gasteiger partial charge in [0.2, 0.25) is 0 Å². The molecule has 0 amide bonds. The summed E-state index contributed by atoms with van der Waals surface area (Å²) in [5.74, 6) is -0.0800. The largest absolute Gasteiger partial charge is 0.454 e. The van der Waals surface area contributed by atoms with Crippen LogP contribution in [0.15, 0.2) is 36.4 Å². The summed E-state index contributed by atoms with van der Waals surface area (Å²) in [6.07, 6.45) is 0.620.